The number of aryl methyl sites for hydroxylation is 1. The van der Waals surface area contributed by atoms with Crippen LogP contribution >= 0.6 is 11.3 Å². The predicted octanol–water partition coefficient (Wildman–Crippen LogP) is 2.96. The number of methoxy groups -OCH3 is 1. The first-order valence-corrected chi connectivity index (χ1v) is 9.47. The van der Waals surface area contributed by atoms with Gasteiger partial charge in [0.25, 0.3) is 0 Å². The molecule has 0 atom stereocenters. The number of benzene rings is 1. The average Bonchev–Trinajstić information content (AvgIpc) is 3.07. The highest BCUT2D eigenvalue weighted by atomic mass is 32.1. The Hall–Kier alpha value is -3.04. The molecule has 0 aliphatic heterocycles. The van der Waals surface area contributed by atoms with Crippen molar-refractivity contribution in [2.45, 2.75) is 13.3 Å². The van der Waals surface area contributed by atoms with Gasteiger partial charge in [0.1, 0.15) is 9.71 Å². The molecule has 28 heavy (non-hydrogen) atoms. The van der Waals surface area contributed by atoms with Gasteiger partial charge in [-0.25, -0.2) is 19.6 Å². The Labute approximate surface area is 165 Å². The number of carbonyl (C=O) groups is 2. The SMILES string of the molecule is COC(=O)c1sc2nc(-c3ccccc3)nc(C)c2c1NC(=O)NCCCO. The maximum Gasteiger partial charge on any atom is 0.350 e. The minimum Gasteiger partial charge on any atom is -0.465 e. The number of esters is 1. The summed E-state index contributed by atoms with van der Waals surface area (Å²) in [6.45, 7) is 2.09. The zero-order valence-corrected chi connectivity index (χ0v) is 16.3. The number of anilines is 1. The lowest BCUT2D eigenvalue weighted by Crippen LogP contribution is -2.30. The Morgan fingerprint density at radius 2 is 1.96 bits per heavy atom. The molecule has 0 spiro atoms. The van der Waals surface area contributed by atoms with Crippen LogP contribution in [0.5, 0.6) is 0 Å². The van der Waals surface area contributed by atoms with Crippen molar-refractivity contribution in [3.05, 3.63) is 40.9 Å². The molecule has 146 valence electrons. The third-order valence-corrected chi connectivity index (χ3v) is 5.06. The maximum absolute atomic E-state index is 12.2. The topological polar surface area (TPSA) is 113 Å². The quantitative estimate of drug-likeness (QED) is 0.433. The van der Waals surface area contributed by atoms with E-state index in [2.05, 4.69) is 20.6 Å². The lowest BCUT2D eigenvalue weighted by molar-refractivity contribution is 0.0607. The first-order valence-electron chi connectivity index (χ1n) is 8.65. The van der Waals surface area contributed by atoms with Gasteiger partial charge in [-0.15, -0.1) is 11.3 Å². The molecule has 0 fully saturated rings. The van der Waals surface area contributed by atoms with Crippen LogP contribution in [0.2, 0.25) is 0 Å². The van der Waals surface area contributed by atoms with E-state index < -0.39 is 12.0 Å². The van der Waals surface area contributed by atoms with E-state index in [1.165, 1.54) is 7.11 Å². The molecule has 0 unspecified atom stereocenters. The standard InChI is InChI=1S/C19H20N4O4S/c1-11-13-14(22-19(26)20-9-6-10-24)15(18(25)27-2)28-17(13)23-16(21-11)12-7-4-3-5-8-12/h3-5,7-8,24H,6,9-10H2,1-2H3,(H2,20,22,26). The monoisotopic (exact) mass is 400 g/mol. The Morgan fingerprint density at radius 3 is 2.64 bits per heavy atom. The zero-order valence-electron chi connectivity index (χ0n) is 15.5. The lowest BCUT2D eigenvalue weighted by Gasteiger charge is -2.09. The van der Waals surface area contributed by atoms with Crippen LogP contribution in [0, 0.1) is 6.92 Å². The summed E-state index contributed by atoms with van der Waals surface area (Å²) < 4.78 is 4.86. The van der Waals surface area contributed by atoms with Crippen LogP contribution in [0.25, 0.3) is 21.6 Å². The number of nitrogens with one attached hydrogen (secondary N) is 2. The summed E-state index contributed by atoms with van der Waals surface area (Å²) in [7, 11) is 1.28. The molecule has 0 aliphatic rings. The smallest absolute Gasteiger partial charge is 0.350 e. The van der Waals surface area contributed by atoms with E-state index in [1.54, 1.807) is 6.92 Å². The molecular formula is C19H20N4O4S. The van der Waals surface area contributed by atoms with Crippen molar-refractivity contribution in [3.8, 4) is 11.4 Å². The van der Waals surface area contributed by atoms with Gasteiger partial charge in [-0.3, -0.25) is 0 Å². The highest BCUT2D eigenvalue weighted by Crippen LogP contribution is 2.37. The van der Waals surface area contributed by atoms with Crippen LogP contribution in [0.15, 0.2) is 30.3 Å². The van der Waals surface area contributed by atoms with E-state index >= 15 is 0 Å². The van der Waals surface area contributed by atoms with E-state index in [1.807, 2.05) is 30.3 Å². The molecule has 3 rings (SSSR count). The van der Waals surface area contributed by atoms with Crippen LogP contribution in [0.3, 0.4) is 0 Å². The second kappa shape index (κ2) is 8.77. The minimum atomic E-state index is -0.561. The molecule has 0 radical (unpaired) electrons. The summed E-state index contributed by atoms with van der Waals surface area (Å²) in [6, 6.07) is 9.04. The number of nitrogens with zero attached hydrogens (tertiary/aromatic N) is 2. The van der Waals surface area contributed by atoms with Gasteiger partial charge in [-0.2, -0.15) is 0 Å². The number of aliphatic hydroxyl groups is 1. The van der Waals surface area contributed by atoms with Crippen LogP contribution in [0.4, 0.5) is 10.5 Å². The number of aromatic nitrogens is 2. The van der Waals surface area contributed by atoms with Crippen LogP contribution in [0.1, 0.15) is 21.8 Å². The number of amides is 2. The largest absolute Gasteiger partial charge is 0.465 e. The Kier molecular flexibility index (Phi) is 6.17. The normalized spacial score (nSPS) is 10.7. The molecule has 0 saturated heterocycles. The number of rotatable bonds is 6. The maximum atomic E-state index is 12.2. The first-order chi connectivity index (χ1) is 13.5. The van der Waals surface area contributed by atoms with Crippen LogP contribution < -0.4 is 10.6 Å². The minimum absolute atomic E-state index is 0.0235. The molecule has 1 aromatic carbocycles. The van der Waals surface area contributed by atoms with Crippen molar-refractivity contribution in [2.24, 2.45) is 0 Å². The van der Waals surface area contributed by atoms with Crippen molar-refractivity contribution >= 4 is 39.2 Å². The van der Waals surface area contributed by atoms with E-state index in [0.717, 1.165) is 16.9 Å². The van der Waals surface area contributed by atoms with Gasteiger partial charge in [-0.1, -0.05) is 30.3 Å². The number of thiophene rings is 1. The summed E-state index contributed by atoms with van der Waals surface area (Å²) in [5.74, 6) is -0.0171. The Morgan fingerprint density at radius 1 is 1.21 bits per heavy atom. The van der Waals surface area contributed by atoms with Gasteiger partial charge in [0, 0.05) is 18.7 Å². The van der Waals surface area contributed by atoms with Gasteiger partial charge in [0.15, 0.2) is 5.82 Å². The second-order valence-electron chi connectivity index (χ2n) is 5.93. The highest BCUT2D eigenvalue weighted by molar-refractivity contribution is 7.21. The molecule has 3 aromatic rings. The van der Waals surface area contributed by atoms with Crippen molar-refractivity contribution in [2.75, 3.05) is 25.6 Å². The van der Waals surface area contributed by atoms with Crippen molar-refractivity contribution < 1.29 is 19.4 Å². The fraction of sp³-hybridized carbons (Fsp3) is 0.263. The molecule has 2 aromatic heterocycles. The third kappa shape index (κ3) is 4.10. The van der Waals surface area contributed by atoms with Crippen LogP contribution in [-0.2, 0) is 4.74 Å². The predicted molar refractivity (Wildman–Crippen MR) is 108 cm³/mol. The highest BCUT2D eigenvalue weighted by Gasteiger charge is 2.24. The molecule has 8 nitrogen and oxygen atoms in total. The van der Waals surface area contributed by atoms with Gasteiger partial charge < -0.3 is 20.5 Å². The number of urea groups is 1. The molecule has 2 amide bonds. The summed E-state index contributed by atoms with van der Waals surface area (Å²) in [5.41, 5.74) is 1.82. The van der Waals surface area contributed by atoms with Crippen molar-refractivity contribution in [1.82, 2.24) is 15.3 Å². The third-order valence-electron chi connectivity index (χ3n) is 3.99. The van der Waals surface area contributed by atoms with Crippen LogP contribution in [-0.4, -0.2) is 47.3 Å². The average molecular weight is 400 g/mol. The number of hydrogen-bond acceptors (Lipinski definition) is 7. The van der Waals surface area contributed by atoms with Crippen molar-refractivity contribution in [3.63, 3.8) is 0 Å². The molecule has 3 N–H and O–H groups in total. The summed E-state index contributed by atoms with van der Waals surface area (Å²) >= 11 is 1.14. The van der Waals surface area contributed by atoms with Gasteiger partial charge >= 0.3 is 12.0 Å². The molecule has 2 heterocycles. The Balaban J connectivity index is 2.05. The Bertz CT molecular complexity index is 1000. The molecule has 0 bridgehead atoms. The number of ether oxygens (including phenoxy) is 1. The van der Waals surface area contributed by atoms with Gasteiger partial charge in [-0.05, 0) is 13.3 Å². The zero-order chi connectivity index (χ0) is 20.1. The number of fused-ring (bicyclic) bond motifs is 1. The molecule has 0 saturated carbocycles. The summed E-state index contributed by atoms with van der Waals surface area (Å²) in [5, 5.41) is 14.8. The molecule has 0 aliphatic carbocycles. The number of hydrogen-bond donors (Lipinski definition) is 3. The van der Waals surface area contributed by atoms with E-state index in [9.17, 15) is 9.59 Å². The van der Waals surface area contributed by atoms with Crippen molar-refractivity contribution in [1.29, 1.82) is 0 Å². The van der Waals surface area contributed by atoms with E-state index in [0.29, 0.717) is 40.4 Å². The van der Waals surface area contributed by atoms with Gasteiger partial charge in [0.05, 0.1) is 23.9 Å². The fourth-order valence-corrected chi connectivity index (χ4v) is 3.78. The van der Waals surface area contributed by atoms with E-state index in [4.69, 9.17) is 9.84 Å². The molecular weight excluding hydrogens is 380 g/mol. The van der Waals surface area contributed by atoms with Gasteiger partial charge in [0.2, 0.25) is 0 Å². The molecule has 9 heteroatoms. The second-order valence-corrected chi connectivity index (χ2v) is 6.93. The number of carbonyl (C=O) groups excluding carboxylic acids is 2. The first kappa shape index (κ1) is 19.7. The van der Waals surface area contributed by atoms with E-state index in [-0.39, 0.29) is 11.5 Å². The summed E-state index contributed by atoms with van der Waals surface area (Å²) in [6.07, 6.45) is 0.435. The lowest BCUT2D eigenvalue weighted by atomic mass is 10.2. The fourth-order valence-electron chi connectivity index (χ4n) is 2.68. The summed E-state index contributed by atoms with van der Waals surface area (Å²) in [4.78, 5) is 34.4. The number of aliphatic hydroxyl groups excluding tert-OH is 1.